The highest BCUT2D eigenvalue weighted by atomic mass is 127. The molecule has 2 heteroatoms. The van der Waals surface area contributed by atoms with Crippen LogP contribution in [0.4, 0.5) is 0 Å². The normalized spacial score (nSPS) is 47.0. The summed E-state index contributed by atoms with van der Waals surface area (Å²) in [7, 11) is 0.524. The molecule has 0 aromatic rings. The van der Waals surface area contributed by atoms with Crippen molar-refractivity contribution < 1.29 is 0 Å². The van der Waals surface area contributed by atoms with E-state index < -0.39 is 0 Å². The second-order valence-electron chi connectivity index (χ2n) is 3.13. The molecule has 2 rings (SSSR count). The Morgan fingerprint density at radius 3 is 1.44 bits per heavy atom. The van der Waals surface area contributed by atoms with Crippen molar-refractivity contribution in [2.24, 2.45) is 0 Å². The van der Waals surface area contributed by atoms with Crippen molar-refractivity contribution in [3.8, 4) is 0 Å². The fourth-order valence-corrected chi connectivity index (χ4v) is 4.99. The second kappa shape index (κ2) is 3.04. The monoisotopic (exact) mass is 256 g/mol. The molecule has 9 heavy (non-hydrogen) atoms. The van der Waals surface area contributed by atoms with Crippen molar-refractivity contribution in [2.45, 2.75) is 37.0 Å². The molecule has 54 valence electrons. The topological polar surface area (TPSA) is 0 Å². The summed E-state index contributed by atoms with van der Waals surface area (Å²) in [5.74, 6) is 0. The third-order valence-electron chi connectivity index (χ3n) is 2.82. The summed E-state index contributed by atoms with van der Waals surface area (Å²) in [6.45, 7) is 2.50. The molecular formula is C7H14IP. The van der Waals surface area contributed by atoms with Crippen LogP contribution in [0, 0.1) is 0 Å². The molecule has 2 bridgehead atoms. The molecule has 2 fully saturated rings. The molecule has 0 unspecified atom stereocenters. The molecule has 0 spiro atoms. The van der Waals surface area contributed by atoms with Crippen LogP contribution in [0.15, 0.2) is 0 Å². The molecule has 0 radical (unpaired) electrons. The van der Waals surface area contributed by atoms with E-state index in [-0.39, 0.29) is 24.0 Å². The highest BCUT2D eigenvalue weighted by Crippen LogP contribution is 2.61. The smallest absolute Gasteiger partial charge is 0.0209 e. The van der Waals surface area contributed by atoms with Gasteiger partial charge in [0, 0.05) is 0 Å². The maximum Gasteiger partial charge on any atom is -0.0209 e. The lowest BCUT2D eigenvalue weighted by Crippen LogP contribution is -1.98. The van der Waals surface area contributed by atoms with Crippen molar-refractivity contribution in [2.75, 3.05) is 6.66 Å². The number of hydrogen-bond donors (Lipinski definition) is 0. The van der Waals surface area contributed by atoms with Gasteiger partial charge in [-0.3, -0.25) is 0 Å². The molecule has 2 aliphatic heterocycles. The fourth-order valence-electron chi connectivity index (χ4n) is 2.17. The zero-order valence-electron chi connectivity index (χ0n) is 5.84. The van der Waals surface area contributed by atoms with Gasteiger partial charge in [-0.05, 0) is 43.7 Å². The van der Waals surface area contributed by atoms with E-state index in [1.165, 1.54) is 11.3 Å². The minimum atomic E-state index is 0. The average molecular weight is 256 g/mol. The van der Waals surface area contributed by atoms with Gasteiger partial charge in [0.15, 0.2) is 0 Å². The zero-order valence-corrected chi connectivity index (χ0v) is 9.06. The standard InChI is InChI=1S/C7H13P.HI/c1-8-6-2-3-7(8)5-4-6;/h6-7H,2-5H2,1H3;1H. The van der Waals surface area contributed by atoms with Gasteiger partial charge in [0.2, 0.25) is 0 Å². The van der Waals surface area contributed by atoms with E-state index in [1.807, 2.05) is 0 Å². The van der Waals surface area contributed by atoms with E-state index >= 15 is 0 Å². The molecule has 0 amide bonds. The maximum absolute atomic E-state index is 2.50. The van der Waals surface area contributed by atoms with E-state index in [0.29, 0.717) is 7.92 Å². The molecule has 2 saturated heterocycles. The number of fused-ring (bicyclic) bond motifs is 2. The molecule has 2 aliphatic rings. The van der Waals surface area contributed by atoms with Crippen LogP contribution >= 0.6 is 31.9 Å². The summed E-state index contributed by atoms with van der Waals surface area (Å²) in [5, 5.41) is 0. The van der Waals surface area contributed by atoms with Crippen LogP contribution in [0.3, 0.4) is 0 Å². The van der Waals surface area contributed by atoms with E-state index in [0.717, 1.165) is 0 Å². The van der Waals surface area contributed by atoms with Gasteiger partial charge in [-0.1, -0.05) is 0 Å². The molecule has 0 saturated carbocycles. The highest BCUT2D eigenvalue weighted by Gasteiger charge is 2.37. The van der Waals surface area contributed by atoms with E-state index in [4.69, 9.17) is 0 Å². The van der Waals surface area contributed by atoms with Gasteiger partial charge in [0.1, 0.15) is 0 Å². The van der Waals surface area contributed by atoms with Gasteiger partial charge < -0.3 is 0 Å². The molecule has 0 atom stereocenters. The molecule has 2 heterocycles. The van der Waals surface area contributed by atoms with Gasteiger partial charge >= 0.3 is 0 Å². The van der Waals surface area contributed by atoms with Crippen LogP contribution in [0.1, 0.15) is 25.7 Å². The maximum atomic E-state index is 2.50. The molecule has 0 aromatic heterocycles. The van der Waals surface area contributed by atoms with Crippen molar-refractivity contribution in [3.05, 3.63) is 0 Å². The van der Waals surface area contributed by atoms with Crippen molar-refractivity contribution in [1.82, 2.24) is 0 Å². The summed E-state index contributed by atoms with van der Waals surface area (Å²) in [6, 6.07) is 0. The predicted octanol–water partition coefficient (Wildman–Crippen LogP) is 3.04. The Bertz CT molecular complexity index is 85.1. The Hall–Kier alpha value is 1.16. The Morgan fingerprint density at radius 1 is 1.00 bits per heavy atom. The SMILES string of the molecule is CP1C2CCC1CC2.I. The quantitative estimate of drug-likeness (QED) is 0.461. The Labute approximate surface area is 75.6 Å². The Morgan fingerprint density at radius 2 is 1.33 bits per heavy atom. The van der Waals surface area contributed by atoms with Crippen LogP contribution in [-0.2, 0) is 0 Å². The van der Waals surface area contributed by atoms with Crippen LogP contribution in [0.5, 0.6) is 0 Å². The summed E-state index contributed by atoms with van der Waals surface area (Å²) in [6.07, 6.45) is 6.31. The van der Waals surface area contributed by atoms with Gasteiger partial charge in [0.25, 0.3) is 0 Å². The first-order chi connectivity index (χ1) is 3.88. The third kappa shape index (κ3) is 1.28. The Balaban J connectivity index is 0.000000405. The third-order valence-corrected chi connectivity index (χ3v) is 6.15. The first kappa shape index (κ1) is 8.26. The second-order valence-corrected chi connectivity index (χ2v) is 5.92. The van der Waals surface area contributed by atoms with Crippen molar-refractivity contribution >= 4 is 31.9 Å². The van der Waals surface area contributed by atoms with Gasteiger partial charge in [-0.25, -0.2) is 0 Å². The predicted molar refractivity (Wildman–Crippen MR) is 54.3 cm³/mol. The molecule has 0 N–H and O–H groups in total. The minimum Gasteiger partial charge on any atom is -0.107 e. The van der Waals surface area contributed by atoms with Crippen molar-refractivity contribution in [3.63, 3.8) is 0 Å². The number of hydrogen-bond acceptors (Lipinski definition) is 0. The Kier molecular flexibility index (Phi) is 2.79. The summed E-state index contributed by atoms with van der Waals surface area (Å²) in [5.41, 5.74) is 2.41. The first-order valence-electron chi connectivity index (χ1n) is 3.60. The molecule has 0 aliphatic carbocycles. The average Bonchev–Trinajstić information content (AvgIpc) is 2.29. The van der Waals surface area contributed by atoms with Crippen LogP contribution in [0.2, 0.25) is 0 Å². The van der Waals surface area contributed by atoms with Gasteiger partial charge in [-0.15, -0.1) is 31.9 Å². The van der Waals surface area contributed by atoms with Crippen LogP contribution < -0.4 is 0 Å². The lowest BCUT2D eigenvalue weighted by atomic mass is 10.0. The van der Waals surface area contributed by atoms with Crippen LogP contribution in [0.25, 0.3) is 0 Å². The first-order valence-corrected chi connectivity index (χ1v) is 5.52. The van der Waals surface area contributed by atoms with Crippen LogP contribution in [-0.4, -0.2) is 18.0 Å². The van der Waals surface area contributed by atoms with E-state index in [1.54, 1.807) is 25.7 Å². The largest absolute Gasteiger partial charge is 0.107 e. The van der Waals surface area contributed by atoms with E-state index in [9.17, 15) is 0 Å². The number of halogens is 1. The van der Waals surface area contributed by atoms with Gasteiger partial charge in [0.05, 0.1) is 0 Å². The number of rotatable bonds is 0. The molecule has 0 aromatic carbocycles. The summed E-state index contributed by atoms with van der Waals surface area (Å²) in [4.78, 5) is 0. The summed E-state index contributed by atoms with van der Waals surface area (Å²) < 4.78 is 0. The molecule has 0 nitrogen and oxygen atoms in total. The van der Waals surface area contributed by atoms with E-state index in [2.05, 4.69) is 6.66 Å². The minimum absolute atomic E-state index is 0. The fraction of sp³-hybridized carbons (Fsp3) is 1.00. The van der Waals surface area contributed by atoms with Gasteiger partial charge in [-0.2, -0.15) is 0 Å². The summed E-state index contributed by atoms with van der Waals surface area (Å²) >= 11 is 0. The highest BCUT2D eigenvalue weighted by molar-refractivity contribution is 14.0. The lowest BCUT2D eigenvalue weighted by molar-refractivity contribution is 0.576. The lowest BCUT2D eigenvalue weighted by Gasteiger charge is -2.06. The molecular weight excluding hydrogens is 242 g/mol. The van der Waals surface area contributed by atoms with Crippen molar-refractivity contribution in [1.29, 1.82) is 0 Å². The zero-order chi connectivity index (χ0) is 5.56.